The number of rotatable bonds is 4. The predicted molar refractivity (Wildman–Crippen MR) is 70.5 cm³/mol. The van der Waals surface area contributed by atoms with Crippen molar-refractivity contribution in [2.45, 2.75) is 19.4 Å². The molecule has 1 aliphatic rings. The first-order valence-electron chi connectivity index (χ1n) is 6.09. The summed E-state index contributed by atoms with van der Waals surface area (Å²) < 4.78 is 5.00. The van der Waals surface area contributed by atoms with E-state index in [0.717, 1.165) is 24.4 Å². The van der Waals surface area contributed by atoms with Gasteiger partial charge in [0.25, 0.3) is 0 Å². The molecule has 2 rings (SSSR count). The third-order valence-electron chi connectivity index (χ3n) is 2.69. The summed E-state index contributed by atoms with van der Waals surface area (Å²) in [6.45, 7) is 2.93. The van der Waals surface area contributed by atoms with E-state index in [1.165, 1.54) is 0 Å². The zero-order valence-electron chi connectivity index (χ0n) is 10.3. The highest BCUT2D eigenvalue weighted by molar-refractivity contribution is 6.07. The Labute approximate surface area is 106 Å². The van der Waals surface area contributed by atoms with Crippen molar-refractivity contribution in [2.75, 3.05) is 18.6 Å². The largest absolute Gasteiger partial charge is 0.465 e. The molecule has 0 aromatic heterocycles. The normalized spacial score (nSPS) is 20.9. The fraction of sp³-hybridized carbons (Fsp3) is 0.385. The highest BCUT2D eigenvalue weighted by atomic mass is 16.5. The molecule has 5 nitrogen and oxygen atoms in total. The Morgan fingerprint density at radius 1 is 1.50 bits per heavy atom. The van der Waals surface area contributed by atoms with Gasteiger partial charge in [-0.25, -0.2) is 4.79 Å². The Hall–Kier alpha value is -1.88. The highest BCUT2D eigenvalue weighted by Crippen LogP contribution is 2.09. The molecule has 1 heterocycles. The summed E-state index contributed by atoms with van der Waals surface area (Å²) in [5, 5.41) is 7.36. The van der Waals surface area contributed by atoms with E-state index in [9.17, 15) is 4.79 Å². The van der Waals surface area contributed by atoms with E-state index >= 15 is 0 Å². The maximum absolute atomic E-state index is 11.7. The molecule has 96 valence electrons. The molecule has 0 spiro atoms. The van der Waals surface area contributed by atoms with Crippen LogP contribution in [0.4, 0.5) is 5.69 Å². The lowest BCUT2D eigenvalue weighted by Gasteiger charge is -2.10. The Morgan fingerprint density at radius 3 is 3.00 bits per heavy atom. The first kappa shape index (κ1) is 12.6. The lowest BCUT2D eigenvalue weighted by atomic mass is 10.2. The fourth-order valence-electron chi connectivity index (χ4n) is 1.82. The fourth-order valence-corrected chi connectivity index (χ4v) is 1.82. The third-order valence-corrected chi connectivity index (χ3v) is 2.69. The molecule has 1 aliphatic heterocycles. The van der Waals surface area contributed by atoms with Crippen LogP contribution in [0.25, 0.3) is 0 Å². The Morgan fingerprint density at radius 2 is 2.28 bits per heavy atom. The second-order valence-electron chi connectivity index (χ2n) is 3.97. The van der Waals surface area contributed by atoms with Crippen molar-refractivity contribution in [1.29, 1.82) is 0 Å². The number of hydrazone groups is 1. The van der Waals surface area contributed by atoms with Gasteiger partial charge in [0.2, 0.25) is 0 Å². The van der Waals surface area contributed by atoms with Crippen LogP contribution in [0.1, 0.15) is 13.3 Å². The molecule has 5 heteroatoms. The SMILES string of the molecule is CCOC(=O)C1NCCC1=NNc1ccccc1. The van der Waals surface area contributed by atoms with Gasteiger partial charge in [-0.05, 0) is 19.1 Å². The molecule has 18 heavy (non-hydrogen) atoms. The van der Waals surface area contributed by atoms with E-state index in [1.807, 2.05) is 30.3 Å². The average Bonchev–Trinajstić information content (AvgIpc) is 2.86. The van der Waals surface area contributed by atoms with E-state index in [1.54, 1.807) is 6.92 Å². The van der Waals surface area contributed by atoms with E-state index in [4.69, 9.17) is 4.74 Å². The van der Waals surface area contributed by atoms with Gasteiger partial charge in [-0.3, -0.25) is 10.7 Å². The van der Waals surface area contributed by atoms with Crippen LogP contribution in [0.5, 0.6) is 0 Å². The molecular formula is C13H17N3O2. The molecule has 1 saturated heterocycles. The van der Waals surface area contributed by atoms with Crippen LogP contribution in [0.3, 0.4) is 0 Å². The molecule has 1 atom stereocenters. The van der Waals surface area contributed by atoms with E-state index < -0.39 is 6.04 Å². The Kier molecular flexibility index (Phi) is 4.30. The molecule has 0 radical (unpaired) electrons. The number of carbonyl (C=O) groups excluding carboxylic acids is 1. The van der Waals surface area contributed by atoms with Gasteiger partial charge < -0.3 is 4.74 Å². The van der Waals surface area contributed by atoms with E-state index in [2.05, 4.69) is 15.8 Å². The Balaban J connectivity index is 2.00. The number of hydrogen-bond acceptors (Lipinski definition) is 5. The molecular weight excluding hydrogens is 230 g/mol. The van der Waals surface area contributed by atoms with Crippen molar-refractivity contribution in [3.8, 4) is 0 Å². The van der Waals surface area contributed by atoms with Crippen LogP contribution in [-0.4, -0.2) is 30.9 Å². The summed E-state index contributed by atoms with van der Waals surface area (Å²) in [7, 11) is 0. The van der Waals surface area contributed by atoms with Gasteiger partial charge in [-0.1, -0.05) is 18.2 Å². The summed E-state index contributed by atoms with van der Waals surface area (Å²) in [5.41, 5.74) is 4.65. The predicted octanol–water partition coefficient (Wildman–Crippen LogP) is 1.38. The molecule has 0 aliphatic carbocycles. The molecule has 0 amide bonds. The molecule has 1 aromatic carbocycles. The average molecular weight is 247 g/mol. The minimum atomic E-state index is -0.416. The van der Waals surface area contributed by atoms with Crippen LogP contribution >= 0.6 is 0 Å². The summed E-state index contributed by atoms with van der Waals surface area (Å²) in [6, 6.07) is 9.23. The second kappa shape index (κ2) is 6.16. The van der Waals surface area contributed by atoms with Crippen LogP contribution in [0, 0.1) is 0 Å². The highest BCUT2D eigenvalue weighted by Gasteiger charge is 2.30. The van der Waals surface area contributed by atoms with Crippen molar-refractivity contribution < 1.29 is 9.53 Å². The molecule has 0 bridgehead atoms. The molecule has 0 saturated carbocycles. The summed E-state index contributed by atoms with van der Waals surface area (Å²) in [4.78, 5) is 11.7. The first-order chi connectivity index (χ1) is 8.81. The number of nitrogens with zero attached hydrogens (tertiary/aromatic N) is 1. The summed E-state index contributed by atoms with van der Waals surface area (Å²) >= 11 is 0. The zero-order chi connectivity index (χ0) is 12.8. The molecule has 1 aromatic rings. The number of benzene rings is 1. The monoisotopic (exact) mass is 247 g/mol. The van der Waals surface area contributed by atoms with Crippen molar-refractivity contribution >= 4 is 17.4 Å². The molecule has 1 unspecified atom stereocenters. The minimum Gasteiger partial charge on any atom is -0.465 e. The van der Waals surface area contributed by atoms with Crippen LogP contribution in [-0.2, 0) is 9.53 Å². The van der Waals surface area contributed by atoms with Gasteiger partial charge in [0.1, 0.15) is 6.04 Å². The zero-order valence-corrected chi connectivity index (χ0v) is 10.3. The number of ether oxygens (including phenoxy) is 1. The first-order valence-corrected chi connectivity index (χ1v) is 6.09. The van der Waals surface area contributed by atoms with Crippen molar-refractivity contribution in [1.82, 2.24) is 5.32 Å². The lowest BCUT2D eigenvalue weighted by Crippen LogP contribution is -2.37. The van der Waals surface area contributed by atoms with Crippen LogP contribution in [0.2, 0.25) is 0 Å². The summed E-state index contributed by atoms with van der Waals surface area (Å²) in [5.74, 6) is -0.261. The third kappa shape index (κ3) is 3.07. The van der Waals surface area contributed by atoms with Crippen molar-refractivity contribution in [2.24, 2.45) is 5.10 Å². The van der Waals surface area contributed by atoms with Gasteiger partial charge in [0, 0.05) is 13.0 Å². The van der Waals surface area contributed by atoms with E-state index in [-0.39, 0.29) is 5.97 Å². The van der Waals surface area contributed by atoms with Gasteiger partial charge in [-0.15, -0.1) is 0 Å². The number of hydrogen-bond donors (Lipinski definition) is 2. The second-order valence-corrected chi connectivity index (χ2v) is 3.97. The maximum atomic E-state index is 11.7. The topological polar surface area (TPSA) is 62.7 Å². The van der Waals surface area contributed by atoms with Gasteiger partial charge in [0.15, 0.2) is 0 Å². The smallest absolute Gasteiger partial charge is 0.329 e. The van der Waals surface area contributed by atoms with Gasteiger partial charge in [-0.2, -0.15) is 5.10 Å². The number of esters is 1. The number of nitrogens with one attached hydrogen (secondary N) is 2. The number of para-hydroxylation sites is 1. The summed E-state index contributed by atoms with van der Waals surface area (Å²) in [6.07, 6.45) is 0.753. The number of anilines is 1. The minimum absolute atomic E-state index is 0.261. The Bertz CT molecular complexity index is 431. The molecule has 1 fully saturated rings. The number of carbonyl (C=O) groups is 1. The maximum Gasteiger partial charge on any atom is 0.329 e. The van der Waals surface area contributed by atoms with E-state index in [0.29, 0.717) is 6.61 Å². The van der Waals surface area contributed by atoms with Crippen molar-refractivity contribution in [3.05, 3.63) is 30.3 Å². The molecule has 2 N–H and O–H groups in total. The van der Waals surface area contributed by atoms with Crippen LogP contribution in [0.15, 0.2) is 35.4 Å². The lowest BCUT2D eigenvalue weighted by molar-refractivity contribution is -0.143. The van der Waals surface area contributed by atoms with Crippen molar-refractivity contribution in [3.63, 3.8) is 0 Å². The van der Waals surface area contributed by atoms with Crippen LogP contribution < -0.4 is 10.7 Å². The standard InChI is InChI=1S/C13H17N3O2/c1-2-18-13(17)12-11(8-9-14-12)16-15-10-6-4-3-5-7-10/h3-7,12,14-15H,2,8-9H2,1H3. The van der Waals surface area contributed by atoms with Gasteiger partial charge >= 0.3 is 5.97 Å². The quantitative estimate of drug-likeness (QED) is 0.623. The van der Waals surface area contributed by atoms with Gasteiger partial charge in [0.05, 0.1) is 18.0 Å².